The third-order valence-corrected chi connectivity index (χ3v) is 4.23. The maximum Gasteiger partial charge on any atom is 0.389 e. The number of hydrogen-bond donors (Lipinski definition) is 0. The predicted octanol–water partition coefficient (Wildman–Crippen LogP) is 3.97. The first-order valence-electron chi connectivity index (χ1n) is 5.59. The molecule has 0 N–H and O–H groups in total. The number of carbonyl (C=O) groups is 1. The molecule has 94 valence electrons. The number of Topliss-reactive ketones (excluding diaryl/α,β-unsaturated/α-hetero) is 1. The summed E-state index contributed by atoms with van der Waals surface area (Å²) in [5.74, 6) is -0.0903. The lowest BCUT2D eigenvalue weighted by Crippen LogP contribution is -2.11. The number of hydrogen-bond acceptors (Lipinski definition) is 1. The Balaban J connectivity index is 2.39. The fourth-order valence-electron chi connectivity index (χ4n) is 2.61. The minimum atomic E-state index is -4.14. The fourth-order valence-corrected chi connectivity index (χ4v) is 2.61. The first-order chi connectivity index (χ1) is 7.00. The SMILES string of the molecule is CC1(C)C(C(=O)CCCC(F)(F)F)C1(C)C. The monoisotopic (exact) mass is 236 g/mol. The molecule has 0 aromatic heterocycles. The molecule has 1 fully saturated rings. The van der Waals surface area contributed by atoms with Gasteiger partial charge in [-0.25, -0.2) is 0 Å². The molecule has 1 nitrogen and oxygen atoms in total. The van der Waals surface area contributed by atoms with E-state index in [9.17, 15) is 18.0 Å². The summed E-state index contributed by atoms with van der Waals surface area (Å²) in [5.41, 5.74) is -0.134. The summed E-state index contributed by atoms with van der Waals surface area (Å²) in [6.07, 6.45) is -5.02. The van der Waals surface area contributed by atoms with E-state index < -0.39 is 12.6 Å². The molecule has 0 amide bonds. The lowest BCUT2D eigenvalue weighted by molar-refractivity contribution is -0.137. The number of halogens is 3. The van der Waals surface area contributed by atoms with Gasteiger partial charge in [0, 0.05) is 18.8 Å². The molecule has 16 heavy (non-hydrogen) atoms. The van der Waals surface area contributed by atoms with Crippen LogP contribution in [0.2, 0.25) is 0 Å². The molecular weight excluding hydrogens is 217 g/mol. The predicted molar refractivity (Wildman–Crippen MR) is 56.0 cm³/mol. The molecular formula is C12H19F3O. The largest absolute Gasteiger partial charge is 0.389 e. The topological polar surface area (TPSA) is 17.1 Å². The van der Waals surface area contributed by atoms with E-state index in [1.807, 2.05) is 27.7 Å². The Bertz CT molecular complexity index is 275. The standard InChI is InChI=1S/C12H19F3O/c1-10(2)9(11(10,3)4)8(16)6-5-7-12(13,14)15/h9H,5-7H2,1-4H3. The summed E-state index contributed by atoms with van der Waals surface area (Å²) in [6, 6.07) is 0. The summed E-state index contributed by atoms with van der Waals surface area (Å²) in [7, 11) is 0. The van der Waals surface area contributed by atoms with Crippen LogP contribution in [-0.2, 0) is 4.79 Å². The van der Waals surface area contributed by atoms with E-state index in [-0.39, 0.29) is 35.4 Å². The number of carbonyl (C=O) groups excluding carboxylic acids is 1. The zero-order valence-corrected chi connectivity index (χ0v) is 10.2. The molecule has 0 aromatic rings. The molecule has 0 spiro atoms. The van der Waals surface area contributed by atoms with Gasteiger partial charge in [0.15, 0.2) is 0 Å². The van der Waals surface area contributed by atoms with Crippen molar-refractivity contribution in [1.82, 2.24) is 0 Å². The smallest absolute Gasteiger partial charge is 0.299 e. The third kappa shape index (κ3) is 2.41. The second-order valence-corrected chi connectivity index (χ2v) is 5.81. The van der Waals surface area contributed by atoms with E-state index in [4.69, 9.17) is 0 Å². The summed E-state index contributed by atoms with van der Waals surface area (Å²) >= 11 is 0. The highest BCUT2D eigenvalue weighted by Gasteiger charge is 2.67. The van der Waals surface area contributed by atoms with Crippen LogP contribution in [0.25, 0.3) is 0 Å². The van der Waals surface area contributed by atoms with E-state index in [1.54, 1.807) is 0 Å². The minimum Gasteiger partial charge on any atom is -0.299 e. The first kappa shape index (κ1) is 13.5. The van der Waals surface area contributed by atoms with Crippen LogP contribution in [0.15, 0.2) is 0 Å². The third-order valence-electron chi connectivity index (χ3n) is 4.23. The maximum atomic E-state index is 11.9. The molecule has 0 saturated heterocycles. The number of rotatable bonds is 4. The summed E-state index contributed by atoms with van der Waals surface area (Å²) in [4.78, 5) is 11.8. The van der Waals surface area contributed by atoms with E-state index >= 15 is 0 Å². The van der Waals surface area contributed by atoms with Gasteiger partial charge in [-0.1, -0.05) is 27.7 Å². The van der Waals surface area contributed by atoms with Crippen molar-refractivity contribution >= 4 is 5.78 Å². The van der Waals surface area contributed by atoms with Crippen molar-refractivity contribution in [2.45, 2.75) is 53.1 Å². The van der Waals surface area contributed by atoms with Crippen LogP contribution in [0.1, 0.15) is 47.0 Å². The van der Waals surface area contributed by atoms with Gasteiger partial charge in [-0.3, -0.25) is 4.79 Å². The van der Waals surface area contributed by atoms with Crippen LogP contribution in [-0.4, -0.2) is 12.0 Å². The molecule has 0 unspecified atom stereocenters. The van der Waals surface area contributed by atoms with E-state index in [0.29, 0.717) is 0 Å². The van der Waals surface area contributed by atoms with Crippen molar-refractivity contribution in [1.29, 1.82) is 0 Å². The quantitative estimate of drug-likeness (QED) is 0.721. The van der Waals surface area contributed by atoms with Crippen LogP contribution in [0.5, 0.6) is 0 Å². The average Bonchev–Trinajstić information content (AvgIpc) is 2.39. The molecule has 0 aromatic carbocycles. The Labute approximate surface area is 94.4 Å². The second kappa shape index (κ2) is 3.74. The van der Waals surface area contributed by atoms with Crippen LogP contribution in [0.3, 0.4) is 0 Å². The van der Waals surface area contributed by atoms with Crippen molar-refractivity contribution in [3.8, 4) is 0 Å². The van der Waals surface area contributed by atoms with Gasteiger partial charge in [0.2, 0.25) is 0 Å². The highest BCUT2D eigenvalue weighted by atomic mass is 19.4. The zero-order chi connectivity index (χ0) is 12.8. The van der Waals surface area contributed by atoms with Crippen molar-refractivity contribution in [2.75, 3.05) is 0 Å². The molecule has 0 atom stereocenters. The van der Waals surface area contributed by atoms with Crippen LogP contribution in [0.4, 0.5) is 13.2 Å². The molecule has 1 aliphatic carbocycles. The highest BCUT2D eigenvalue weighted by molar-refractivity contribution is 5.86. The fraction of sp³-hybridized carbons (Fsp3) is 0.917. The van der Waals surface area contributed by atoms with Gasteiger partial charge in [-0.15, -0.1) is 0 Å². The molecule has 0 heterocycles. The van der Waals surface area contributed by atoms with E-state index in [0.717, 1.165) is 0 Å². The maximum absolute atomic E-state index is 11.9. The molecule has 0 radical (unpaired) electrons. The molecule has 1 aliphatic rings. The van der Waals surface area contributed by atoms with Crippen molar-refractivity contribution in [3.63, 3.8) is 0 Å². The van der Waals surface area contributed by atoms with E-state index in [2.05, 4.69) is 0 Å². The van der Waals surface area contributed by atoms with Gasteiger partial charge in [0.1, 0.15) is 5.78 Å². The van der Waals surface area contributed by atoms with Crippen LogP contribution >= 0.6 is 0 Å². The Morgan fingerprint density at radius 1 is 1.12 bits per heavy atom. The summed E-state index contributed by atoms with van der Waals surface area (Å²) < 4.78 is 35.7. The Kier molecular flexibility index (Phi) is 3.16. The van der Waals surface area contributed by atoms with Gasteiger partial charge in [-0.2, -0.15) is 13.2 Å². The number of ketones is 1. The summed E-state index contributed by atoms with van der Waals surface area (Å²) in [6.45, 7) is 8.00. The van der Waals surface area contributed by atoms with Crippen molar-refractivity contribution in [3.05, 3.63) is 0 Å². The number of alkyl halides is 3. The van der Waals surface area contributed by atoms with Crippen molar-refractivity contribution in [2.24, 2.45) is 16.7 Å². The highest BCUT2D eigenvalue weighted by Crippen LogP contribution is 2.68. The van der Waals surface area contributed by atoms with E-state index in [1.165, 1.54) is 0 Å². The molecule has 1 saturated carbocycles. The Morgan fingerprint density at radius 2 is 1.56 bits per heavy atom. The zero-order valence-electron chi connectivity index (χ0n) is 10.2. The first-order valence-corrected chi connectivity index (χ1v) is 5.59. The second-order valence-electron chi connectivity index (χ2n) is 5.81. The normalized spacial score (nSPS) is 23.2. The van der Waals surface area contributed by atoms with Crippen molar-refractivity contribution < 1.29 is 18.0 Å². The molecule has 0 bridgehead atoms. The van der Waals surface area contributed by atoms with Gasteiger partial charge in [0.05, 0.1) is 0 Å². The van der Waals surface area contributed by atoms with Gasteiger partial charge in [-0.05, 0) is 17.3 Å². The van der Waals surface area contributed by atoms with Gasteiger partial charge in [0.25, 0.3) is 0 Å². The summed E-state index contributed by atoms with van der Waals surface area (Å²) in [5, 5.41) is 0. The minimum absolute atomic E-state index is 0.0146. The molecule has 1 rings (SSSR count). The van der Waals surface area contributed by atoms with Gasteiger partial charge < -0.3 is 0 Å². The average molecular weight is 236 g/mol. The van der Waals surface area contributed by atoms with Crippen LogP contribution < -0.4 is 0 Å². The lowest BCUT2D eigenvalue weighted by Gasteiger charge is -2.05. The molecule has 4 heteroatoms. The Morgan fingerprint density at radius 3 is 1.88 bits per heavy atom. The lowest BCUT2D eigenvalue weighted by atomic mass is 10.0. The van der Waals surface area contributed by atoms with Gasteiger partial charge >= 0.3 is 6.18 Å². The Hall–Kier alpha value is -0.540. The molecule has 0 aliphatic heterocycles. The van der Waals surface area contributed by atoms with Crippen LogP contribution in [0, 0.1) is 16.7 Å².